The van der Waals surface area contributed by atoms with Gasteiger partial charge in [-0.3, -0.25) is 0 Å². The second-order valence-electron chi connectivity index (χ2n) is 4.47. The van der Waals surface area contributed by atoms with E-state index in [2.05, 4.69) is 0 Å². The van der Waals surface area contributed by atoms with Crippen molar-refractivity contribution >= 4 is 0 Å². The first-order valence-corrected chi connectivity index (χ1v) is 5.24. The fourth-order valence-corrected chi connectivity index (χ4v) is 1.89. The SMILES string of the molecule is CC(C)O[C@@H]1C(O)[C@H](C)C(O)C(O)[C@@H]1O. The monoisotopic (exact) mass is 220 g/mol. The number of hydrogen-bond acceptors (Lipinski definition) is 5. The quantitative estimate of drug-likeness (QED) is 0.473. The summed E-state index contributed by atoms with van der Waals surface area (Å²) in [5.74, 6) is -0.521. The van der Waals surface area contributed by atoms with E-state index in [0.29, 0.717) is 0 Å². The van der Waals surface area contributed by atoms with Crippen molar-refractivity contribution in [3.05, 3.63) is 0 Å². The second-order valence-corrected chi connectivity index (χ2v) is 4.47. The molecule has 0 radical (unpaired) electrons. The van der Waals surface area contributed by atoms with E-state index in [1.165, 1.54) is 0 Å². The molecule has 0 heterocycles. The van der Waals surface area contributed by atoms with Crippen LogP contribution in [0.3, 0.4) is 0 Å². The molecular formula is C10H20O5. The summed E-state index contributed by atoms with van der Waals surface area (Å²) in [6.45, 7) is 5.17. The Morgan fingerprint density at radius 3 is 1.87 bits per heavy atom. The molecule has 1 aliphatic rings. The molecule has 0 aliphatic heterocycles. The van der Waals surface area contributed by atoms with Gasteiger partial charge in [0.1, 0.15) is 18.3 Å². The van der Waals surface area contributed by atoms with Crippen LogP contribution < -0.4 is 0 Å². The maximum atomic E-state index is 9.79. The number of aliphatic hydroxyl groups excluding tert-OH is 4. The maximum absolute atomic E-state index is 9.79. The maximum Gasteiger partial charge on any atom is 0.113 e. The summed E-state index contributed by atoms with van der Waals surface area (Å²) in [5, 5.41) is 38.5. The van der Waals surface area contributed by atoms with Crippen LogP contribution in [-0.4, -0.2) is 57.0 Å². The molecule has 1 saturated carbocycles. The molecule has 0 aromatic carbocycles. The van der Waals surface area contributed by atoms with Crippen molar-refractivity contribution in [2.45, 2.75) is 57.4 Å². The van der Waals surface area contributed by atoms with Crippen molar-refractivity contribution < 1.29 is 25.2 Å². The molecule has 0 aromatic heterocycles. The van der Waals surface area contributed by atoms with E-state index < -0.39 is 36.4 Å². The molecule has 3 unspecified atom stereocenters. The van der Waals surface area contributed by atoms with E-state index in [1.54, 1.807) is 20.8 Å². The molecule has 0 amide bonds. The molecule has 6 atom stereocenters. The van der Waals surface area contributed by atoms with Gasteiger partial charge in [0.2, 0.25) is 0 Å². The summed E-state index contributed by atoms with van der Waals surface area (Å²) in [6.07, 6.45) is -5.63. The van der Waals surface area contributed by atoms with Crippen molar-refractivity contribution in [3.8, 4) is 0 Å². The lowest BCUT2D eigenvalue weighted by Gasteiger charge is -2.43. The Bertz CT molecular complexity index is 192. The summed E-state index contributed by atoms with van der Waals surface area (Å²) in [5.41, 5.74) is 0. The topological polar surface area (TPSA) is 90.2 Å². The van der Waals surface area contributed by atoms with Crippen molar-refractivity contribution in [2.75, 3.05) is 0 Å². The largest absolute Gasteiger partial charge is 0.390 e. The molecule has 0 bridgehead atoms. The van der Waals surface area contributed by atoms with Crippen molar-refractivity contribution in [3.63, 3.8) is 0 Å². The lowest BCUT2D eigenvalue weighted by atomic mass is 9.79. The smallest absolute Gasteiger partial charge is 0.113 e. The summed E-state index contributed by atoms with van der Waals surface area (Å²) in [6, 6.07) is 0. The van der Waals surface area contributed by atoms with Gasteiger partial charge in [-0.05, 0) is 13.8 Å². The molecule has 5 heteroatoms. The van der Waals surface area contributed by atoms with Crippen LogP contribution in [0.15, 0.2) is 0 Å². The van der Waals surface area contributed by atoms with Gasteiger partial charge in [-0.15, -0.1) is 0 Å². The number of hydrogen-bond donors (Lipinski definition) is 4. The van der Waals surface area contributed by atoms with Crippen LogP contribution in [0.25, 0.3) is 0 Å². The van der Waals surface area contributed by atoms with Crippen molar-refractivity contribution in [1.82, 2.24) is 0 Å². The Hall–Kier alpha value is -0.200. The summed E-state index contributed by atoms with van der Waals surface area (Å²) in [4.78, 5) is 0. The second kappa shape index (κ2) is 4.76. The van der Waals surface area contributed by atoms with Crippen LogP contribution in [0.1, 0.15) is 20.8 Å². The molecule has 90 valence electrons. The molecule has 4 N–H and O–H groups in total. The Morgan fingerprint density at radius 1 is 0.867 bits per heavy atom. The molecule has 15 heavy (non-hydrogen) atoms. The van der Waals surface area contributed by atoms with Gasteiger partial charge < -0.3 is 25.2 Å². The predicted octanol–water partition coefficient (Wildman–Crippen LogP) is -1.13. The zero-order valence-electron chi connectivity index (χ0n) is 9.24. The Kier molecular flexibility index (Phi) is 4.08. The van der Waals surface area contributed by atoms with Gasteiger partial charge in [0, 0.05) is 5.92 Å². The van der Waals surface area contributed by atoms with E-state index in [1.807, 2.05) is 0 Å². The predicted molar refractivity (Wildman–Crippen MR) is 53.2 cm³/mol. The molecule has 1 rings (SSSR count). The van der Waals surface area contributed by atoms with Crippen molar-refractivity contribution in [2.24, 2.45) is 5.92 Å². The minimum atomic E-state index is -1.27. The molecule has 0 spiro atoms. The third-order valence-corrected chi connectivity index (χ3v) is 2.88. The highest BCUT2D eigenvalue weighted by Crippen LogP contribution is 2.28. The number of ether oxygens (including phenoxy) is 1. The van der Waals surface area contributed by atoms with E-state index in [0.717, 1.165) is 0 Å². The van der Waals surface area contributed by atoms with E-state index in [-0.39, 0.29) is 6.10 Å². The first-order valence-electron chi connectivity index (χ1n) is 5.24. The van der Waals surface area contributed by atoms with Crippen LogP contribution >= 0.6 is 0 Å². The van der Waals surface area contributed by atoms with Gasteiger partial charge in [0.25, 0.3) is 0 Å². The van der Waals surface area contributed by atoms with E-state index >= 15 is 0 Å². The van der Waals surface area contributed by atoms with Crippen molar-refractivity contribution in [1.29, 1.82) is 0 Å². The summed E-state index contributed by atoms with van der Waals surface area (Å²) in [7, 11) is 0. The number of rotatable bonds is 2. The minimum absolute atomic E-state index is 0.158. The summed E-state index contributed by atoms with van der Waals surface area (Å²) >= 11 is 0. The number of aliphatic hydroxyl groups is 4. The van der Waals surface area contributed by atoms with Gasteiger partial charge in [-0.2, -0.15) is 0 Å². The lowest BCUT2D eigenvalue weighted by molar-refractivity contribution is -0.223. The van der Waals surface area contributed by atoms with Crippen LogP contribution in [0.4, 0.5) is 0 Å². The van der Waals surface area contributed by atoms with Crippen LogP contribution in [0.5, 0.6) is 0 Å². The van der Waals surface area contributed by atoms with Gasteiger partial charge in [0.15, 0.2) is 0 Å². The van der Waals surface area contributed by atoms with E-state index in [9.17, 15) is 20.4 Å². The third-order valence-electron chi connectivity index (χ3n) is 2.88. The standard InChI is InChI=1S/C10H20O5/c1-4(2)15-10-7(12)5(3)6(11)8(13)9(10)14/h4-14H,1-3H3/t5-,6?,7?,8?,9+,10-/m1/s1. The highest BCUT2D eigenvalue weighted by atomic mass is 16.5. The molecule has 0 saturated heterocycles. The molecule has 1 aliphatic carbocycles. The zero-order valence-corrected chi connectivity index (χ0v) is 9.24. The fourth-order valence-electron chi connectivity index (χ4n) is 1.89. The Labute approximate surface area is 89.3 Å². The Morgan fingerprint density at radius 2 is 1.40 bits per heavy atom. The minimum Gasteiger partial charge on any atom is -0.390 e. The van der Waals surface area contributed by atoms with Crippen LogP contribution in [0, 0.1) is 5.92 Å². The Balaban J connectivity index is 2.77. The van der Waals surface area contributed by atoms with Gasteiger partial charge in [0.05, 0.1) is 18.3 Å². The highest BCUT2D eigenvalue weighted by molar-refractivity contribution is 4.97. The normalized spacial score (nSPS) is 47.2. The third kappa shape index (κ3) is 2.49. The molecule has 5 nitrogen and oxygen atoms in total. The summed E-state index contributed by atoms with van der Waals surface area (Å²) < 4.78 is 5.33. The fraction of sp³-hybridized carbons (Fsp3) is 1.00. The van der Waals surface area contributed by atoms with Gasteiger partial charge >= 0.3 is 0 Å². The average molecular weight is 220 g/mol. The molecule has 1 fully saturated rings. The zero-order chi connectivity index (χ0) is 11.7. The lowest BCUT2D eigenvalue weighted by Crippen LogP contribution is -2.61. The first-order chi connectivity index (χ1) is 6.86. The van der Waals surface area contributed by atoms with Gasteiger partial charge in [-0.25, -0.2) is 0 Å². The molecule has 0 aromatic rings. The average Bonchev–Trinajstić information content (AvgIpc) is 2.18. The van der Waals surface area contributed by atoms with E-state index in [4.69, 9.17) is 4.74 Å². The van der Waals surface area contributed by atoms with Gasteiger partial charge in [-0.1, -0.05) is 6.92 Å². The first kappa shape index (κ1) is 12.9. The van der Waals surface area contributed by atoms with Crippen LogP contribution in [0.2, 0.25) is 0 Å². The highest BCUT2D eigenvalue weighted by Gasteiger charge is 2.47. The van der Waals surface area contributed by atoms with Crippen LogP contribution in [-0.2, 0) is 4.74 Å². The molecular weight excluding hydrogens is 200 g/mol.